The maximum absolute atomic E-state index is 13.1. The second-order valence-corrected chi connectivity index (χ2v) is 5.27. The summed E-state index contributed by atoms with van der Waals surface area (Å²) in [5, 5.41) is 2.67. The Bertz CT molecular complexity index is 604. The highest BCUT2D eigenvalue weighted by atomic mass is 79.9. The van der Waals surface area contributed by atoms with Gasteiger partial charge in [-0.25, -0.2) is 4.39 Å². The summed E-state index contributed by atoms with van der Waals surface area (Å²) >= 11 is 3.07. The molecule has 0 aromatic heterocycles. The van der Waals surface area contributed by atoms with Crippen molar-refractivity contribution in [1.29, 1.82) is 0 Å². The molecule has 1 atom stereocenters. The smallest absolute Gasteiger partial charge is 0.241 e. The van der Waals surface area contributed by atoms with Crippen LogP contribution in [0.4, 0.5) is 10.1 Å². The molecule has 0 spiro atoms. The van der Waals surface area contributed by atoms with Crippen molar-refractivity contribution in [3.8, 4) is 0 Å². The summed E-state index contributed by atoms with van der Waals surface area (Å²) in [5.74, 6) is -0.677. The molecule has 2 aromatic rings. The second-order valence-electron chi connectivity index (χ2n) is 4.41. The summed E-state index contributed by atoms with van der Waals surface area (Å²) in [6.07, 6.45) is 0.453. The Morgan fingerprint density at radius 1 is 1.25 bits per heavy atom. The summed E-state index contributed by atoms with van der Waals surface area (Å²) in [6.45, 7) is 0. The largest absolute Gasteiger partial charge is 0.325 e. The van der Waals surface area contributed by atoms with Crippen LogP contribution in [0.15, 0.2) is 53.0 Å². The summed E-state index contributed by atoms with van der Waals surface area (Å²) in [5.41, 5.74) is 7.37. The lowest BCUT2D eigenvalue weighted by Crippen LogP contribution is -2.37. The fraction of sp³-hybridized carbons (Fsp3) is 0.133. The molecule has 0 aliphatic heterocycles. The third-order valence-corrected chi connectivity index (χ3v) is 3.43. The number of rotatable bonds is 4. The van der Waals surface area contributed by atoms with Gasteiger partial charge in [0.1, 0.15) is 5.82 Å². The van der Waals surface area contributed by atoms with Gasteiger partial charge in [-0.15, -0.1) is 0 Å². The molecule has 0 bridgehead atoms. The lowest BCUT2D eigenvalue weighted by atomic mass is 10.1. The molecule has 0 aliphatic carbocycles. The second kappa shape index (κ2) is 6.63. The first-order chi connectivity index (χ1) is 9.56. The van der Waals surface area contributed by atoms with E-state index in [9.17, 15) is 9.18 Å². The highest BCUT2D eigenvalue weighted by molar-refractivity contribution is 9.10. The van der Waals surface area contributed by atoms with Crippen LogP contribution in [0.25, 0.3) is 0 Å². The third kappa shape index (κ3) is 3.88. The first-order valence-corrected chi connectivity index (χ1v) is 6.91. The molecular formula is C15H14BrFN2O. The van der Waals surface area contributed by atoms with Gasteiger partial charge in [-0.3, -0.25) is 4.79 Å². The molecule has 0 aliphatic rings. The Hall–Kier alpha value is -1.72. The average Bonchev–Trinajstić information content (AvgIpc) is 2.44. The molecule has 5 heteroatoms. The highest BCUT2D eigenvalue weighted by Crippen LogP contribution is 2.20. The minimum atomic E-state index is -0.652. The minimum Gasteiger partial charge on any atom is -0.325 e. The van der Waals surface area contributed by atoms with E-state index >= 15 is 0 Å². The minimum absolute atomic E-state index is 0.298. The summed E-state index contributed by atoms with van der Waals surface area (Å²) in [6, 6.07) is 13.2. The molecule has 2 aromatic carbocycles. The zero-order valence-corrected chi connectivity index (χ0v) is 12.2. The number of nitrogens with two attached hydrogens (primary N) is 1. The normalized spacial score (nSPS) is 11.9. The van der Waals surface area contributed by atoms with E-state index in [1.54, 1.807) is 0 Å². The van der Waals surface area contributed by atoms with Crippen molar-refractivity contribution in [3.05, 3.63) is 64.4 Å². The Kier molecular flexibility index (Phi) is 4.87. The van der Waals surface area contributed by atoms with E-state index in [1.165, 1.54) is 18.2 Å². The molecule has 0 saturated heterocycles. The Balaban J connectivity index is 1.99. The lowest BCUT2D eigenvalue weighted by molar-refractivity contribution is -0.117. The first kappa shape index (κ1) is 14.7. The molecule has 0 fully saturated rings. The zero-order valence-electron chi connectivity index (χ0n) is 10.6. The van der Waals surface area contributed by atoms with Crippen LogP contribution in [0.5, 0.6) is 0 Å². The van der Waals surface area contributed by atoms with E-state index in [4.69, 9.17) is 5.73 Å². The Morgan fingerprint density at radius 2 is 1.95 bits per heavy atom. The number of hydrogen-bond donors (Lipinski definition) is 2. The van der Waals surface area contributed by atoms with Gasteiger partial charge < -0.3 is 11.1 Å². The number of halogens is 2. The Morgan fingerprint density at radius 3 is 2.60 bits per heavy atom. The molecular weight excluding hydrogens is 323 g/mol. The number of benzene rings is 2. The van der Waals surface area contributed by atoms with E-state index < -0.39 is 6.04 Å². The van der Waals surface area contributed by atoms with Crippen molar-refractivity contribution in [1.82, 2.24) is 0 Å². The predicted octanol–water partition coefficient (Wildman–Crippen LogP) is 3.10. The van der Waals surface area contributed by atoms with E-state index in [0.717, 1.165) is 5.56 Å². The summed E-state index contributed by atoms with van der Waals surface area (Å²) in [4.78, 5) is 12.0. The third-order valence-electron chi connectivity index (χ3n) is 2.82. The van der Waals surface area contributed by atoms with Crippen LogP contribution in [0.1, 0.15) is 5.56 Å². The van der Waals surface area contributed by atoms with E-state index in [1.807, 2.05) is 30.3 Å². The molecule has 2 rings (SSSR count). The van der Waals surface area contributed by atoms with Gasteiger partial charge in [-0.2, -0.15) is 0 Å². The number of anilines is 1. The quantitative estimate of drug-likeness (QED) is 0.901. The fourth-order valence-electron chi connectivity index (χ4n) is 1.77. The van der Waals surface area contributed by atoms with Crippen LogP contribution in [0, 0.1) is 5.82 Å². The van der Waals surface area contributed by atoms with Gasteiger partial charge in [0.25, 0.3) is 0 Å². The first-order valence-electron chi connectivity index (χ1n) is 6.11. The maximum atomic E-state index is 13.1. The molecule has 0 saturated carbocycles. The number of carbonyl (C=O) groups is 1. The predicted molar refractivity (Wildman–Crippen MR) is 80.9 cm³/mol. The zero-order chi connectivity index (χ0) is 14.5. The maximum Gasteiger partial charge on any atom is 0.241 e. The molecule has 0 unspecified atom stereocenters. The van der Waals surface area contributed by atoms with E-state index in [-0.39, 0.29) is 11.7 Å². The van der Waals surface area contributed by atoms with Crippen LogP contribution < -0.4 is 11.1 Å². The van der Waals surface area contributed by atoms with Crippen LogP contribution in [0.2, 0.25) is 0 Å². The number of amides is 1. The summed E-state index contributed by atoms with van der Waals surface area (Å²) in [7, 11) is 0. The van der Waals surface area contributed by atoms with Crippen molar-refractivity contribution in [3.63, 3.8) is 0 Å². The van der Waals surface area contributed by atoms with E-state index in [0.29, 0.717) is 16.6 Å². The van der Waals surface area contributed by atoms with Crippen LogP contribution in [0.3, 0.4) is 0 Å². The number of hydrogen-bond acceptors (Lipinski definition) is 2. The molecule has 0 radical (unpaired) electrons. The van der Waals surface area contributed by atoms with Gasteiger partial charge in [0, 0.05) is 5.69 Å². The number of carbonyl (C=O) groups excluding carboxylic acids is 1. The molecule has 3 N–H and O–H groups in total. The monoisotopic (exact) mass is 336 g/mol. The highest BCUT2D eigenvalue weighted by Gasteiger charge is 2.14. The van der Waals surface area contributed by atoms with Crippen molar-refractivity contribution < 1.29 is 9.18 Å². The van der Waals surface area contributed by atoms with Crippen LogP contribution in [-0.4, -0.2) is 11.9 Å². The lowest BCUT2D eigenvalue weighted by Gasteiger charge is -2.12. The molecule has 104 valence electrons. The summed E-state index contributed by atoms with van der Waals surface area (Å²) < 4.78 is 13.4. The van der Waals surface area contributed by atoms with Gasteiger partial charge in [-0.1, -0.05) is 30.3 Å². The van der Waals surface area contributed by atoms with Crippen molar-refractivity contribution in [2.24, 2.45) is 5.73 Å². The SMILES string of the molecule is N[C@H](Cc1ccccc1)C(=O)Nc1ccc(F)c(Br)c1. The van der Waals surface area contributed by atoms with Crippen molar-refractivity contribution >= 4 is 27.5 Å². The molecule has 20 heavy (non-hydrogen) atoms. The standard InChI is InChI=1S/C15H14BrFN2O/c16-12-9-11(6-7-13(12)17)19-15(20)14(18)8-10-4-2-1-3-5-10/h1-7,9,14H,8,18H2,(H,19,20)/t14-/m1/s1. The van der Waals surface area contributed by atoms with Gasteiger partial charge in [0.2, 0.25) is 5.91 Å². The Labute approximate surface area is 125 Å². The van der Waals surface area contributed by atoms with Crippen molar-refractivity contribution in [2.45, 2.75) is 12.5 Å². The van der Waals surface area contributed by atoms with Gasteiger partial charge in [0.15, 0.2) is 0 Å². The average molecular weight is 337 g/mol. The van der Waals surface area contributed by atoms with Gasteiger partial charge in [0.05, 0.1) is 10.5 Å². The van der Waals surface area contributed by atoms with Crippen LogP contribution >= 0.6 is 15.9 Å². The molecule has 3 nitrogen and oxygen atoms in total. The van der Waals surface area contributed by atoms with Gasteiger partial charge in [-0.05, 0) is 46.1 Å². The molecule has 1 amide bonds. The van der Waals surface area contributed by atoms with E-state index in [2.05, 4.69) is 21.2 Å². The fourth-order valence-corrected chi connectivity index (χ4v) is 2.15. The van der Waals surface area contributed by atoms with Crippen molar-refractivity contribution in [2.75, 3.05) is 5.32 Å². The van der Waals surface area contributed by atoms with Gasteiger partial charge >= 0.3 is 0 Å². The number of nitrogens with one attached hydrogen (secondary N) is 1. The van der Waals surface area contributed by atoms with Crippen LogP contribution in [-0.2, 0) is 11.2 Å². The topological polar surface area (TPSA) is 55.1 Å². The molecule has 0 heterocycles.